The summed E-state index contributed by atoms with van der Waals surface area (Å²) in [6.07, 6.45) is 2.71. The minimum atomic E-state index is 0.636. The van der Waals surface area contributed by atoms with Gasteiger partial charge < -0.3 is 14.8 Å². The third kappa shape index (κ3) is 4.80. The van der Waals surface area contributed by atoms with Crippen LogP contribution in [0.4, 0.5) is 5.69 Å². The van der Waals surface area contributed by atoms with Gasteiger partial charge in [-0.15, -0.1) is 0 Å². The van der Waals surface area contributed by atoms with Gasteiger partial charge in [0.1, 0.15) is 5.75 Å². The lowest BCUT2D eigenvalue weighted by Crippen LogP contribution is -2.07. The van der Waals surface area contributed by atoms with Crippen LogP contribution in [0.1, 0.15) is 13.3 Å². The first-order valence-corrected chi connectivity index (χ1v) is 6.89. The Hall–Kier alpha value is -2.23. The Kier molecular flexibility index (Phi) is 5.71. The molecule has 0 radical (unpaired) electrons. The molecule has 0 aliphatic rings. The zero-order chi connectivity index (χ0) is 14.0. The van der Waals surface area contributed by atoms with Gasteiger partial charge in [-0.2, -0.15) is 0 Å². The summed E-state index contributed by atoms with van der Waals surface area (Å²) in [5.41, 5.74) is 0.994. The number of nitrogens with one attached hydrogen (secondary N) is 1. The van der Waals surface area contributed by atoms with Crippen LogP contribution in [0.2, 0.25) is 0 Å². The van der Waals surface area contributed by atoms with E-state index in [1.807, 2.05) is 49.4 Å². The van der Waals surface area contributed by atoms with Gasteiger partial charge in [0.15, 0.2) is 0 Å². The Morgan fingerprint density at radius 3 is 2.60 bits per heavy atom. The zero-order valence-corrected chi connectivity index (χ0v) is 11.7. The van der Waals surface area contributed by atoms with E-state index in [0.29, 0.717) is 19.1 Å². The van der Waals surface area contributed by atoms with E-state index in [2.05, 4.69) is 10.3 Å². The molecule has 0 unspecified atom stereocenters. The Labute approximate surface area is 119 Å². The molecule has 0 amide bonds. The second-order valence-electron chi connectivity index (χ2n) is 4.26. The second kappa shape index (κ2) is 8.04. The standard InChI is InChI=1S/C16H20N2O2/c1-2-19-16-10-9-14(13-18-16)17-11-6-12-20-15-7-4-3-5-8-15/h3-5,7-10,13,17H,2,6,11-12H2,1H3. The Morgan fingerprint density at radius 1 is 1.05 bits per heavy atom. The molecule has 106 valence electrons. The van der Waals surface area contributed by atoms with Gasteiger partial charge in [0.05, 0.1) is 25.1 Å². The lowest BCUT2D eigenvalue weighted by Gasteiger charge is -2.08. The quantitative estimate of drug-likeness (QED) is 0.748. The maximum atomic E-state index is 5.62. The van der Waals surface area contributed by atoms with E-state index in [-0.39, 0.29) is 0 Å². The first-order valence-electron chi connectivity index (χ1n) is 6.89. The predicted octanol–water partition coefficient (Wildman–Crippen LogP) is 3.36. The van der Waals surface area contributed by atoms with Crippen molar-refractivity contribution in [3.05, 3.63) is 48.7 Å². The minimum Gasteiger partial charge on any atom is -0.494 e. The summed E-state index contributed by atoms with van der Waals surface area (Å²) < 4.78 is 10.9. The molecule has 0 bridgehead atoms. The number of aromatic nitrogens is 1. The maximum Gasteiger partial charge on any atom is 0.213 e. The third-order valence-electron chi connectivity index (χ3n) is 2.69. The third-order valence-corrected chi connectivity index (χ3v) is 2.69. The van der Waals surface area contributed by atoms with Gasteiger partial charge in [0, 0.05) is 12.6 Å². The number of nitrogens with zero attached hydrogens (tertiary/aromatic N) is 1. The van der Waals surface area contributed by atoms with Gasteiger partial charge in [-0.1, -0.05) is 18.2 Å². The number of hydrogen-bond acceptors (Lipinski definition) is 4. The Balaban J connectivity index is 1.63. The van der Waals surface area contributed by atoms with Crippen LogP contribution < -0.4 is 14.8 Å². The van der Waals surface area contributed by atoms with Crippen LogP contribution in [0.5, 0.6) is 11.6 Å². The summed E-state index contributed by atoms with van der Waals surface area (Å²) in [5.74, 6) is 1.57. The number of para-hydroxylation sites is 1. The van der Waals surface area contributed by atoms with E-state index in [1.165, 1.54) is 0 Å². The molecule has 0 atom stereocenters. The number of hydrogen-bond donors (Lipinski definition) is 1. The summed E-state index contributed by atoms with van der Waals surface area (Å²) in [6, 6.07) is 13.7. The first kappa shape index (κ1) is 14.2. The van der Waals surface area contributed by atoms with E-state index in [4.69, 9.17) is 9.47 Å². The summed E-state index contributed by atoms with van der Waals surface area (Å²) in [4.78, 5) is 4.20. The van der Waals surface area contributed by atoms with E-state index < -0.39 is 0 Å². The predicted molar refractivity (Wildman–Crippen MR) is 80.4 cm³/mol. The fourth-order valence-electron chi connectivity index (χ4n) is 1.73. The molecule has 2 rings (SSSR count). The molecule has 0 spiro atoms. The first-order chi connectivity index (χ1) is 9.88. The Morgan fingerprint density at radius 2 is 1.90 bits per heavy atom. The molecule has 1 aromatic heterocycles. The lowest BCUT2D eigenvalue weighted by atomic mass is 10.3. The van der Waals surface area contributed by atoms with Crippen molar-refractivity contribution in [2.75, 3.05) is 25.1 Å². The van der Waals surface area contributed by atoms with Crippen molar-refractivity contribution < 1.29 is 9.47 Å². The van der Waals surface area contributed by atoms with E-state index >= 15 is 0 Å². The van der Waals surface area contributed by atoms with Crippen LogP contribution in [-0.4, -0.2) is 24.7 Å². The molecule has 0 fully saturated rings. The van der Waals surface area contributed by atoms with Crippen molar-refractivity contribution in [2.24, 2.45) is 0 Å². The average Bonchev–Trinajstić information content (AvgIpc) is 2.50. The number of ether oxygens (including phenoxy) is 2. The molecule has 0 aliphatic heterocycles. The van der Waals surface area contributed by atoms with Gasteiger partial charge >= 0.3 is 0 Å². The molecule has 0 saturated carbocycles. The summed E-state index contributed by atoms with van der Waals surface area (Å²) in [5, 5.41) is 3.30. The maximum absolute atomic E-state index is 5.62. The van der Waals surface area contributed by atoms with E-state index in [0.717, 1.165) is 24.4 Å². The SMILES string of the molecule is CCOc1ccc(NCCCOc2ccccc2)cn1. The van der Waals surface area contributed by atoms with Crippen LogP contribution in [0, 0.1) is 0 Å². The smallest absolute Gasteiger partial charge is 0.213 e. The van der Waals surface area contributed by atoms with Crippen molar-refractivity contribution in [1.29, 1.82) is 0 Å². The van der Waals surface area contributed by atoms with Gasteiger partial charge in [-0.3, -0.25) is 0 Å². The Bertz CT molecular complexity index is 486. The fourth-order valence-corrected chi connectivity index (χ4v) is 1.73. The van der Waals surface area contributed by atoms with Crippen molar-refractivity contribution in [3.63, 3.8) is 0 Å². The highest BCUT2D eigenvalue weighted by molar-refractivity contribution is 5.41. The van der Waals surface area contributed by atoms with Crippen LogP contribution >= 0.6 is 0 Å². The molecule has 1 N–H and O–H groups in total. The topological polar surface area (TPSA) is 43.4 Å². The van der Waals surface area contributed by atoms with Crippen molar-refractivity contribution in [3.8, 4) is 11.6 Å². The molecular weight excluding hydrogens is 252 g/mol. The van der Waals surface area contributed by atoms with Gasteiger partial charge in [-0.05, 0) is 31.5 Å². The van der Waals surface area contributed by atoms with Gasteiger partial charge in [-0.25, -0.2) is 4.98 Å². The molecule has 4 heteroatoms. The zero-order valence-electron chi connectivity index (χ0n) is 11.7. The summed E-state index contributed by atoms with van der Waals surface area (Å²) >= 11 is 0. The largest absolute Gasteiger partial charge is 0.494 e. The summed E-state index contributed by atoms with van der Waals surface area (Å²) in [7, 11) is 0. The number of anilines is 1. The molecule has 20 heavy (non-hydrogen) atoms. The van der Waals surface area contributed by atoms with Crippen molar-refractivity contribution in [2.45, 2.75) is 13.3 Å². The van der Waals surface area contributed by atoms with Crippen molar-refractivity contribution in [1.82, 2.24) is 4.98 Å². The highest BCUT2D eigenvalue weighted by Gasteiger charge is 1.96. The van der Waals surface area contributed by atoms with Crippen LogP contribution in [-0.2, 0) is 0 Å². The number of rotatable bonds is 8. The minimum absolute atomic E-state index is 0.636. The lowest BCUT2D eigenvalue weighted by molar-refractivity contribution is 0.315. The monoisotopic (exact) mass is 272 g/mol. The molecular formula is C16H20N2O2. The molecule has 0 saturated heterocycles. The van der Waals surface area contributed by atoms with E-state index in [1.54, 1.807) is 6.20 Å². The highest BCUT2D eigenvalue weighted by Crippen LogP contribution is 2.12. The number of pyridine rings is 1. The van der Waals surface area contributed by atoms with Crippen molar-refractivity contribution >= 4 is 5.69 Å². The van der Waals surface area contributed by atoms with E-state index in [9.17, 15) is 0 Å². The number of benzene rings is 1. The van der Waals surface area contributed by atoms with Gasteiger partial charge in [0.25, 0.3) is 0 Å². The molecule has 1 aromatic carbocycles. The van der Waals surface area contributed by atoms with Crippen LogP contribution in [0.25, 0.3) is 0 Å². The molecule has 1 heterocycles. The normalized spacial score (nSPS) is 10.1. The van der Waals surface area contributed by atoms with Gasteiger partial charge in [0.2, 0.25) is 5.88 Å². The fraction of sp³-hybridized carbons (Fsp3) is 0.312. The summed E-state index contributed by atoms with van der Waals surface area (Å²) in [6.45, 7) is 4.13. The van der Waals surface area contributed by atoms with Crippen LogP contribution in [0.3, 0.4) is 0 Å². The molecule has 2 aromatic rings. The van der Waals surface area contributed by atoms with Crippen LogP contribution in [0.15, 0.2) is 48.7 Å². The molecule has 4 nitrogen and oxygen atoms in total. The second-order valence-corrected chi connectivity index (χ2v) is 4.26. The average molecular weight is 272 g/mol. The highest BCUT2D eigenvalue weighted by atomic mass is 16.5. The molecule has 0 aliphatic carbocycles.